The van der Waals surface area contributed by atoms with E-state index in [1.165, 1.54) is 5.56 Å². The van der Waals surface area contributed by atoms with Crippen LogP contribution in [0.5, 0.6) is 0 Å². The Morgan fingerprint density at radius 3 is 2.31 bits per heavy atom. The van der Waals surface area contributed by atoms with Crippen molar-refractivity contribution in [2.24, 2.45) is 22.2 Å². The van der Waals surface area contributed by atoms with E-state index in [1.54, 1.807) is 0 Å². The van der Waals surface area contributed by atoms with Crippen LogP contribution in [0.3, 0.4) is 0 Å². The number of halogens is 1. The molecule has 1 rings (SSSR count). The van der Waals surface area contributed by atoms with E-state index >= 15 is 0 Å². The quantitative estimate of drug-likeness (QED) is 0.295. The molecule has 0 unspecified atom stereocenters. The third kappa shape index (κ3) is 4.18. The minimum atomic E-state index is 0. The average molecular weight is 242 g/mol. The maximum Gasteiger partial charge on any atom is 0.316 e. The predicted molar refractivity (Wildman–Crippen MR) is 61.5 cm³/mol. The molecule has 0 aliphatic carbocycles. The second kappa shape index (κ2) is 5.97. The van der Waals surface area contributed by atoms with Gasteiger partial charge in [0.15, 0.2) is 0 Å². The highest BCUT2D eigenvalue weighted by atomic mass is 35.5. The third-order valence-electron chi connectivity index (χ3n) is 1.87. The summed E-state index contributed by atoms with van der Waals surface area (Å²) in [4.78, 5) is 6.68. The van der Waals surface area contributed by atoms with Gasteiger partial charge in [0.25, 0.3) is 5.96 Å². The standard InChI is InChI=1S/C10H15N5.ClH/c1-6-3-4-8(7(2)5-6)14-10(13)15-9(11)12;/h3-5H,1-2H3,(H6,11,12,13,14,15);1H. The molecule has 0 spiro atoms. The van der Waals surface area contributed by atoms with Crippen molar-refractivity contribution < 1.29 is 17.4 Å². The van der Waals surface area contributed by atoms with Crippen molar-refractivity contribution in [3.05, 3.63) is 29.3 Å². The fraction of sp³-hybridized carbons (Fsp3) is 0.200. The summed E-state index contributed by atoms with van der Waals surface area (Å²) in [7, 11) is 0. The molecule has 88 valence electrons. The van der Waals surface area contributed by atoms with Gasteiger partial charge in [-0.05, 0) is 25.5 Å². The number of hydrogen-bond acceptors (Lipinski definition) is 1. The van der Waals surface area contributed by atoms with Crippen LogP contribution in [0.2, 0.25) is 0 Å². The van der Waals surface area contributed by atoms with Crippen molar-refractivity contribution in [3.63, 3.8) is 0 Å². The van der Waals surface area contributed by atoms with Gasteiger partial charge in [-0.2, -0.15) is 0 Å². The van der Waals surface area contributed by atoms with Crippen molar-refractivity contribution in [2.75, 3.05) is 0 Å². The van der Waals surface area contributed by atoms with Crippen LogP contribution in [0.15, 0.2) is 23.2 Å². The van der Waals surface area contributed by atoms with Gasteiger partial charge in [0, 0.05) is 0 Å². The Bertz CT molecular complexity index is 421. The molecule has 0 saturated carbocycles. The predicted octanol–water partition coefficient (Wildman–Crippen LogP) is -4.39. The Morgan fingerprint density at radius 1 is 1.19 bits per heavy atom. The molecule has 1 aromatic rings. The van der Waals surface area contributed by atoms with Crippen LogP contribution in [-0.4, -0.2) is 11.9 Å². The second-order valence-electron chi connectivity index (χ2n) is 3.37. The fourth-order valence-electron chi connectivity index (χ4n) is 1.24. The summed E-state index contributed by atoms with van der Waals surface area (Å²) >= 11 is 0. The highest BCUT2D eigenvalue weighted by molar-refractivity contribution is 5.80. The molecule has 0 aliphatic heterocycles. The van der Waals surface area contributed by atoms with E-state index < -0.39 is 0 Å². The first-order chi connectivity index (χ1) is 6.99. The maximum atomic E-state index is 5.57. The van der Waals surface area contributed by atoms with Gasteiger partial charge < -0.3 is 29.6 Å². The molecule has 6 heteroatoms. The normalized spacial score (nSPS) is 10.5. The summed E-state index contributed by atoms with van der Waals surface area (Å²) in [5.41, 5.74) is 19.1. The Kier molecular flexibility index (Phi) is 5.32. The number of rotatable bonds is 1. The monoisotopic (exact) mass is 241 g/mol. The van der Waals surface area contributed by atoms with E-state index in [9.17, 15) is 0 Å². The number of aryl methyl sites for hydroxylation is 2. The lowest BCUT2D eigenvalue weighted by Crippen LogP contribution is -3.00. The van der Waals surface area contributed by atoms with Crippen LogP contribution >= 0.6 is 0 Å². The zero-order valence-electron chi connectivity index (χ0n) is 9.29. The average Bonchev–Trinajstić information content (AvgIpc) is 2.08. The molecular formula is C10H16ClN5. The number of nitrogens with one attached hydrogen (secondary N) is 1. The van der Waals surface area contributed by atoms with Crippen LogP contribution in [0.1, 0.15) is 11.1 Å². The largest absolute Gasteiger partial charge is 1.00 e. The van der Waals surface area contributed by atoms with E-state index in [1.807, 2.05) is 32.0 Å². The van der Waals surface area contributed by atoms with Gasteiger partial charge in [-0.15, -0.1) is 4.99 Å². The summed E-state index contributed by atoms with van der Waals surface area (Å²) in [5, 5.41) is 0. The summed E-state index contributed by atoms with van der Waals surface area (Å²) in [5.74, 6) is 0.211. The van der Waals surface area contributed by atoms with E-state index in [0.29, 0.717) is 0 Å². The highest BCUT2D eigenvalue weighted by Crippen LogP contribution is 2.18. The van der Waals surface area contributed by atoms with E-state index in [-0.39, 0.29) is 24.3 Å². The number of hydrogen-bond donors (Lipinski definition) is 4. The Morgan fingerprint density at radius 2 is 1.81 bits per heavy atom. The van der Waals surface area contributed by atoms with Crippen LogP contribution in [0.4, 0.5) is 5.69 Å². The molecule has 0 bridgehead atoms. The number of aliphatic imine (C=N–C) groups is 1. The number of nitrogens with two attached hydrogens (primary N) is 3. The Balaban J connectivity index is 0.00000225. The van der Waals surface area contributed by atoms with Crippen molar-refractivity contribution in [2.45, 2.75) is 13.8 Å². The Labute approximate surface area is 101 Å². The van der Waals surface area contributed by atoms with E-state index in [2.05, 4.69) is 9.98 Å². The molecule has 1 aromatic carbocycles. The lowest BCUT2D eigenvalue weighted by atomic mass is 10.1. The lowest BCUT2D eigenvalue weighted by molar-refractivity contribution is -0.320. The van der Waals surface area contributed by atoms with Crippen molar-refractivity contribution in [1.82, 2.24) is 0 Å². The molecular weight excluding hydrogens is 226 g/mol. The zero-order chi connectivity index (χ0) is 11.4. The van der Waals surface area contributed by atoms with E-state index in [0.717, 1.165) is 11.3 Å². The van der Waals surface area contributed by atoms with Crippen LogP contribution in [0.25, 0.3) is 0 Å². The Hall–Kier alpha value is -1.75. The van der Waals surface area contributed by atoms with Crippen LogP contribution < -0.4 is 34.6 Å². The van der Waals surface area contributed by atoms with Gasteiger partial charge in [-0.3, -0.25) is 0 Å². The zero-order valence-corrected chi connectivity index (χ0v) is 10.0. The van der Waals surface area contributed by atoms with Crippen LogP contribution in [0, 0.1) is 13.8 Å². The van der Waals surface area contributed by atoms with Gasteiger partial charge >= 0.3 is 5.96 Å². The molecule has 5 nitrogen and oxygen atoms in total. The third-order valence-corrected chi connectivity index (χ3v) is 1.87. The number of nitrogens with zero attached hydrogens (tertiary/aromatic N) is 1. The molecule has 0 heterocycles. The fourth-order valence-corrected chi connectivity index (χ4v) is 1.24. The first kappa shape index (κ1) is 14.2. The highest BCUT2D eigenvalue weighted by Gasteiger charge is 2.01. The SMILES string of the molecule is Cc1ccc(N=C(N)[NH+]=C(N)N)c(C)c1.[Cl-]. The molecule has 0 aliphatic rings. The van der Waals surface area contributed by atoms with Crippen molar-refractivity contribution >= 4 is 17.6 Å². The first-order valence-electron chi connectivity index (χ1n) is 4.55. The molecule has 0 amide bonds. The number of guanidine groups is 2. The maximum absolute atomic E-state index is 5.57. The topological polar surface area (TPSA) is 104 Å². The lowest BCUT2D eigenvalue weighted by Gasteiger charge is -1.99. The summed E-state index contributed by atoms with van der Waals surface area (Å²) in [6.45, 7) is 3.99. The molecule has 0 atom stereocenters. The minimum absolute atomic E-state index is 0. The summed E-state index contributed by atoms with van der Waals surface area (Å²) in [6, 6.07) is 5.89. The van der Waals surface area contributed by atoms with Gasteiger partial charge in [-0.25, -0.2) is 4.99 Å². The molecule has 0 radical (unpaired) electrons. The van der Waals surface area contributed by atoms with Crippen LogP contribution in [-0.2, 0) is 0 Å². The van der Waals surface area contributed by atoms with Gasteiger partial charge in [0.1, 0.15) is 5.69 Å². The molecule has 7 N–H and O–H groups in total. The van der Waals surface area contributed by atoms with Crippen molar-refractivity contribution in [1.29, 1.82) is 0 Å². The summed E-state index contributed by atoms with van der Waals surface area (Å²) in [6.07, 6.45) is 0. The van der Waals surface area contributed by atoms with Crippen molar-refractivity contribution in [3.8, 4) is 0 Å². The molecule has 0 fully saturated rings. The van der Waals surface area contributed by atoms with E-state index in [4.69, 9.17) is 17.2 Å². The summed E-state index contributed by atoms with van der Waals surface area (Å²) < 4.78 is 0. The molecule has 0 aromatic heterocycles. The van der Waals surface area contributed by atoms with Gasteiger partial charge in [0.2, 0.25) is 0 Å². The minimum Gasteiger partial charge on any atom is -1.00 e. The second-order valence-corrected chi connectivity index (χ2v) is 3.37. The smallest absolute Gasteiger partial charge is 0.316 e. The van der Waals surface area contributed by atoms with Gasteiger partial charge in [-0.1, -0.05) is 17.7 Å². The number of benzene rings is 1. The molecule has 0 saturated heterocycles. The first-order valence-corrected chi connectivity index (χ1v) is 4.55. The molecule has 16 heavy (non-hydrogen) atoms. The van der Waals surface area contributed by atoms with Gasteiger partial charge in [0.05, 0.1) is 0 Å².